The summed E-state index contributed by atoms with van der Waals surface area (Å²) in [4.78, 5) is 2.43. The molecule has 0 radical (unpaired) electrons. The Bertz CT molecular complexity index is 369. The van der Waals surface area contributed by atoms with E-state index in [0.717, 1.165) is 29.9 Å². The number of hydrogen-bond donors (Lipinski definition) is 1. The molecular weight excluding hydrogens is 256 g/mol. The Hall–Kier alpha value is -0.570. The van der Waals surface area contributed by atoms with Crippen molar-refractivity contribution in [2.24, 2.45) is 17.6 Å². The van der Waals surface area contributed by atoms with E-state index in [9.17, 15) is 0 Å². The third kappa shape index (κ3) is 4.79. The lowest BCUT2D eigenvalue weighted by atomic mass is 9.82. The summed E-state index contributed by atoms with van der Waals surface area (Å²) in [5, 5.41) is 0.812. The van der Waals surface area contributed by atoms with Crippen molar-refractivity contribution in [1.29, 1.82) is 0 Å². The molecule has 1 aliphatic rings. The Morgan fingerprint density at radius 1 is 1.11 bits per heavy atom. The minimum absolute atomic E-state index is 0.776. The van der Waals surface area contributed by atoms with E-state index in [-0.39, 0.29) is 0 Å². The molecule has 1 aromatic carbocycles. The van der Waals surface area contributed by atoms with Crippen molar-refractivity contribution in [2.75, 3.05) is 20.1 Å². The Balaban J connectivity index is 1.75. The first-order valence-corrected chi connectivity index (χ1v) is 7.68. The van der Waals surface area contributed by atoms with Gasteiger partial charge >= 0.3 is 0 Å². The van der Waals surface area contributed by atoms with Crippen molar-refractivity contribution in [1.82, 2.24) is 4.90 Å². The molecule has 2 N–H and O–H groups in total. The van der Waals surface area contributed by atoms with Crippen LogP contribution in [0.1, 0.15) is 31.2 Å². The van der Waals surface area contributed by atoms with E-state index in [2.05, 4.69) is 24.1 Å². The third-order valence-corrected chi connectivity index (χ3v) is 4.49. The molecule has 0 heterocycles. The first kappa shape index (κ1) is 14.8. The summed E-state index contributed by atoms with van der Waals surface area (Å²) in [5.74, 6) is 1.62. The second kappa shape index (κ2) is 7.28. The molecule has 3 heteroatoms. The molecule has 0 unspecified atom stereocenters. The second-order valence-corrected chi connectivity index (χ2v) is 6.38. The van der Waals surface area contributed by atoms with Crippen LogP contribution in [0.25, 0.3) is 0 Å². The minimum atomic E-state index is 0.776. The van der Waals surface area contributed by atoms with Crippen LogP contribution in [0.5, 0.6) is 0 Å². The van der Waals surface area contributed by atoms with Gasteiger partial charge in [-0.3, -0.25) is 0 Å². The highest BCUT2D eigenvalue weighted by atomic mass is 35.5. The molecule has 0 aliphatic heterocycles. The minimum Gasteiger partial charge on any atom is -0.330 e. The summed E-state index contributed by atoms with van der Waals surface area (Å²) in [5.41, 5.74) is 7.08. The molecule has 0 atom stereocenters. The van der Waals surface area contributed by atoms with Crippen LogP contribution >= 0.6 is 11.6 Å². The van der Waals surface area contributed by atoms with E-state index in [1.54, 1.807) is 0 Å². The van der Waals surface area contributed by atoms with Gasteiger partial charge in [0.25, 0.3) is 0 Å². The van der Waals surface area contributed by atoms with Crippen molar-refractivity contribution in [3.8, 4) is 0 Å². The zero-order chi connectivity index (χ0) is 13.7. The molecule has 0 amide bonds. The Kier molecular flexibility index (Phi) is 5.68. The van der Waals surface area contributed by atoms with Crippen LogP contribution in [0.2, 0.25) is 5.02 Å². The van der Waals surface area contributed by atoms with Gasteiger partial charge in [-0.15, -0.1) is 0 Å². The number of rotatable bonds is 5. The van der Waals surface area contributed by atoms with Gasteiger partial charge in [-0.05, 0) is 68.8 Å². The summed E-state index contributed by atoms with van der Waals surface area (Å²) >= 11 is 5.91. The van der Waals surface area contributed by atoms with E-state index in [1.165, 1.54) is 37.8 Å². The topological polar surface area (TPSA) is 29.3 Å². The Morgan fingerprint density at radius 3 is 2.26 bits per heavy atom. The van der Waals surface area contributed by atoms with E-state index in [1.807, 2.05) is 12.1 Å². The van der Waals surface area contributed by atoms with E-state index < -0.39 is 0 Å². The normalized spacial score (nSPS) is 23.8. The van der Waals surface area contributed by atoms with Crippen molar-refractivity contribution < 1.29 is 0 Å². The first-order chi connectivity index (χ1) is 9.17. The molecular formula is C16H25ClN2. The lowest BCUT2D eigenvalue weighted by molar-refractivity contribution is 0.201. The van der Waals surface area contributed by atoms with Crippen LogP contribution in [-0.2, 0) is 6.54 Å². The van der Waals surface area contributed by atoms with Crippen LogP contribution in [0.3, 0.4) is 0 Å². The van der Waals surface area contributed by atoms with Crippen LogP contribution in [-0.4, -0.2) is 25.0 Å². The molecule has 2 rings (SSSR count). The maximum Gasteiger partial charge on any atom is 0.0406 e. The van der Waals surface area contributed by atoms with Crippen LogP contribution in [0.15, 0.2) is 24.3 Å². The standard InChI is InChI=1S/C16H25ClN2/c1-19(12-15-6-8-16(17)9-7-15)11-14-4-2-13(10-18)3-5-14/h6-9,13-14H,2-5,10-12,18H2,1H3. The first-order valence-electron chi connectivity index (χ1n) is 7.30. The largest absolute Gasteiger partial charge is 0.330 e. The van der Waals surface area contributed by atoms with Gasteiger partial charge in [0.15, 0.2) is 0 Å². The molecule has 1 fully saturated rings. The molecule has 106 valence electrons. The van der Waals surface area contributed by atoms with Crippen molar-refractivity contribution in [2.45, 2.75) is 32.2 Å². The summed E-state index contributed by atoms with van der Waals surface area (Å²) in [6, 6.07) is 8.17. The summed E-state index contributed by atoms with van der Waals surface area (Å²) in [6.07, 6.45) is 5.31. The van der Waals surface area contributed by atoms with Crippen LogP contribution in [0.4, 0.5) is 0 Å². The van der Waals surface area contributed by atoms with E-state index >= 15 is 0 Å². The van der Waals surface area contributed by atoms with Gasteiger partial charge in [0.05, 0.1) is 0 Å². The predicted octanol–water partition coefficient (Wildman–Crippen LogP) is 3.54. The smallest absolute Gasteiger partial charge is 0.0406 e. The highest BCUT2D eigenvalue weighted by Gasteiger charge is 2.21. The highest BCUT2D eigenvalue weighted by molar-refractivity contribution is 6.30. The quantitative estimate of drug-likeness (QED) is 0.894. The SMILES string of the molecule is CN(Cc1ccc(Cl)cc1)CC1CCC(CN)CC1. The zero-order valence-electron chi connectivity index (χ0n) is 11.8. The second-order valence-electron chi connectivity index (χ2n) is 5.95. The van der Waals surface area contributed by atoms with Gasteiger partial charge in [0.2, 0.25) is 0 Å². The van der Waals surface area contributed by atoms with Crippen molar-refractivity contribution in [3.05, 3.63) is 34.9 Å². The molecule has 0 bridgehead atoms. The molecule has 0 spiro atoms. The maximum absolute atomic E-state index is 5.91. The van der Waals surface area contributed by atoms with Gasteiger partial charge in [0.1, 0.15) is 0 Å². The van der Waals surface area contributed by atoms with E-state index in [4.69, 9.17) is 17.3 Å². The molecule has 0 saturated heterocycles. The number of nitrogens with zero attached hydrogens (tertiary/aromatic N) is 1. The fourth-order valence-electron chi connectivity index (χ4n) is 3.06. The Labute approximate surface area is 121 Å². The summed E-state index contributed by atoms with van der Waals surface area (Å²) in [7, 11) is 2.21. The third-order valence-electron chi connectivity index (χ3n) is 4.24. The molecule has 2 nitrogen and oxygen atoms in total. The average molecular weight is 281 g/mol. The predicted molar refractivity (Wildman–Crippen MR) is 82.3 cm³/mol. The lowest BCUT2D eigenvalue weighted by Crippen LogP contribution is -2.29. The average Bonchev–Trinajstić information content (AvgIpc) is 2.42. The van der Waals surface area contributed by atoms with Crippen LogP contribution < -0.4 is 5.73 Å². The van der Waals surface area contributed by atoms with Gasteiger partial charge in [0, 0.05) is 18.1 Å². The molecule has 1 saturated carbocycles. The number of nitrogens with two attached hydrogens (primary N) is 1. The zero-order valence-corrected chi connectivity index (χ0v) is 12.6. The maximum atomic E-state index is 5.91. The van der Waals surface area contributed by atoms with Gasteiger partial charge < -0.3 is 10.6 Å². The van der Waals surface area contributed by atoms with Crippen LogP contribution in [0, 0.1) is 11.8 Å². The highest BCUT2D eigenvalue weighted by Crippen LogP contribution is 2.28. The van der Waals surface area contributed by atoms with Gasteiger partial charge in [-0.25, -0.2) is 0 Å². The summed E-state index contributed by atoms with van der Waals surface area (Å²) < 4.78 is 0. The Morgan fingerprint density at radius 2 is 1.68 bits per heavy atom. The molecule has 19 heavy (non-hydrogen) atoms. The monoisotopic (exact) mass is 280 g/mol. The molecule has 1 aromatic rings. The summed E-state index contributed by atoms with van der Waals surface area (Å²) in [6.45, 7) is 3.07. The van der Waals surface area contributed by atoms with Crippen molar-refractivity contribution >= 4 is 11.6 Å². The van der Waals surface area contributed by atoms with E-state index in [0.29, 0.717) is 0 Å². The lowest BCUT2D eigenvalue weighted by Gasteiger charge is -2.30. The fraction of sp³-hybridized carbons (Fsp3) is 0.625. The number of hydrogen-bond acceptors (Lipinski definition) is 2. The molecule has 1 aliphatic carbocycles. The van der Waals surface area contributed by atoms with Crippen molar-refractivity contribution in [3.63, 3.8) is 0 Å². The van der Waals surface area contributed by atoms with Gasteiger partial charge in [-0.1, -0.05) is 23.7 Å². The number of benzene rings is 1. The molecule has 0 aromatic heterocycles. The fourth-order valence-corrected chi connectivity index (χ4v) is 3.18. The van der Waals surface area contributed by atoms with Gasteiger partial charge in [-0.2, -0.15) is 0 Å². The number of halogens is 1.